The number of aryl methyl sites for hydroxylation is 1. The van der Waals surface area contributed by atoms with Gasteiger partial charge in [0.05, 0.1) is 10.6 Å². The van der Waals surface area contributed by atoms with Crippen LogP contribution in [0.4, 0.5) is 10.1 Å². The number of para-hydroxylation sites is 1. The lowest BCUT2D eigenvalue weighted by Gasteiger charge is -2.34. The van der Waals surface area contributed by atoms with Crippen molar-refractivity contribution < 1.29 is 27.1 Å². The number of ether oxygens (including phenoxy) is 1. The third-order valence-corrected chi connectivity index (χ3v) is 11.1. The van der Waals surface area contributed by atoms with E-state index < -0.39 is 34.3 Å². The summed E-state index contributed by atoms with van der Waals surface area (Å²) in [6, 6.07) is 36.3. The number of benzene rings is 5. The Morgan fingerprint density at radius 1 is 0.788 bits per heavy atom. The van der Waals surface area contributed by atoms with Crippen molar-refractivity contribution in [1.82, 2.24) is 10.2 Å². The second-order valence-corrected chi connectivity index (χ2v) is 14.9. The topological polar surface area (TPSA) is 96.0 Å². The highest BCUT2D eigenvalue weighted by Gasteiger charge is 2.36. The molecule has 1 aliphatic rings. The number of hydrogen-bond donors (Lipinski definition) is 1. The highest BCUT2D eigenvalue weighted by atomic mass is 32.2. The van der Waals surface area contributed by atoms with Crippen molar-refractivity contribution in [2.75, 3.05) is 10.8 Å². The summed E-state index contributed by atoms with van der Waals surface area (Å²) in [5.74, 6) is -0.477. The molecule has 0 radical (unpaired) electrons. The number of rotatable bonds is 14. The number of carbonyl (C=O) groups is 2. The van der Waals surface area contributed by atoms with Crippen molar-refractivity contribution >= 4 is 27.5 Å². The first-order valence-corrected chi connectivity index (χ1v) is 18.9. The fourth-order valence-electron chi connectivity index (χ4n) is 6.40. The molecule has 52 heavy (non-hydrogen) atoms. The van der Waals surface area contributed by atoms with Gasteiger partial charge in [0.25, 0.3) is 10.0 Å². The minimum Gasteiger partial charge on any atom is -0.457 e. The van der Waals surface area contributed by atoms with Crippen LogP contribution in [0, 0.1) is 12.7 Å². The minimum atomic E-state index is -4.31. The van der Waals surface area contributed by atoms with E-state index in [0.29, 0.717) is 11.5 Å². The monoisotopic (exact) mass is 719 g/mol. The Kier molecular flexibility index (Phi) is 11.7. The maximum absolute atomic E-state index is 15.2. The van der Waals surface area contributed by atoms with Crippen LogP contribution in [0.25, 0.3) is 0 Å². The van der Waals surface area contributed by atoms with Gasteiger partial charge >= 0.3 is 0 Å². The number of sulfonamides is 1. The zero-order valence-corrected chi connectivity index (χ0v) is 29.8. The van der Waals surface area contributed by atoms with E-state index in [1.807, 2.05) is 55.5 Å². The molecule has 5 aromatic rings. The SMILES string of the molecule is Cc1ccc(S(=O)(=O)N(CC(=O)N(Cc2ccccc2F)C(Cc2ccccc2)C(=O)NC2CCCC2)c2ccc(Oc3ccccc3)cc2)cc1. The zero-order chi connectivity index (χ0) is 36.5. The van der Waals surface area contributed by atoms with Crippen LogP contribution in [0.3, 0.4) is 0 Å². The van der Waals surface area contributed by atoms with Gasteiger partial charge in [-0.1, -0.05) is 97.3 Å². The molecule has 1 N–H and O–H groups in total. The van der Waals surface area contributed by atoms with Gasteiger partial charge in [-0.25, -0.2) is 12.8 Å². The summed E-state index contributed by atoms with van der Waals surface area (Å²) < 4.78 is 51.0. The number of nitrogens with zero attached hydrogens (tertiary/aromatic N) is 2. The molecule has 0 spiro atoms. The molecule has 0 saturated heterocycles. The van der Waals surface area contributed by atoms with Gasteiger partial charge in [-0.15, -0.1) is 0 Å². The molecule has 10 heteroatoms. The molecule has 0 bridgehead atoms. The van der Waals surface area contributed by atoms with Gasteiger partial charge in [0.2, 0.25) is 11.8 Å². The van der Waals surface area contributed by atoms with Gasteiger partial charge in [-0.05, 0) is 79.9 Å². The Bertz CT molecular complexity index is 2060. The molecule has 0 aromatic heterocycles. The van der Waals surface area contributed by atoms with Gasteiger partial charge in [0, 0.05) is 24.6 Å². The molecule has 268 valence electrons. The first kappa shape index (κ1) is 36.3. The lowest BCUT2D eigenvalue weighted by molar-refractivity contribution is -0.140. The molecule has 1 unspecified atom stereocenters. The van der Waals surface area contributed by atoms with Crippen molar-refractivity contribution in [2.24, 2.45) is 0 Å². The third-order valence-electron chi connectivity index (χ3n) is 9.26. The smallest absolute Gasteiger partial charge is 0.264 e. The molecule has 8 nitrogen and oxygen atoms in total. The summed E-state index contributed by atoms with van der Waals surface area (Å²) in [5, 5.41) is 3.14. The van der Waals surface area contributed by atoms with E-state index in [4.69, 9.17) is 4.74 Å². The highest BCUT2D eigenvalue weighted by molar-refractivity contribution is 7.92. The first-order valence-electron chi connectivity index (χ1n) is 17.5. The zero-order valence-electron chi connectivity index (χ0n) is 29.0. The fourth-order valence-corrected chi connectivity index (χ4v) is 7.82. The van der Waals surface area contributed by atoms with Crippen LogP contribution in [0.15, 0.2) is 138 Å². The Hall–Kier alpha value is -5.48. The van der Waals surface area contributed by atoms with Gasteiger partial charge in [-0.3, -0.25) is 13.9 Å². The van der Waals surface area contributed by atoms with Crippen LogP contribution in [-0.4, -0.2) is 43.8 Å². The number of halogens is 1. The van der Waals surface area contributed by atoms with E-state index >= 15 is 4.39 Å². The van der Waals surface area contributed by atoms with Crippen molar-refractivity contribution in [3.63, 3.8) is 0 Å². The van der Waals surface area contributed by atoms with Crippen LogP contribution >= 0.6 is 0 Å². The van der Waals surface area contributed by atoms with E-state index in [9.17, 15) is 18.0 Å². The maximum atomic E-state index is 15.2. The van der Waals surface area contributed by atoms with Crippen LogP contribution in [0.1, 0.15) is 42.4 Å². The van der Waals surface area contributed by atoms with Gasteiger partial charge < -0.3 is 15.0 Å². The molecule has 2 amide bonds. The average Bonchev–Trinajstić information content (AvgIpc) is 3.67. The van der Waals surface area contributed by atoms with E-state index in [-0.39, 0.29) is 41.1 Å². The van der Waals surface area contributed by atoms with Crippen molar-refractivity contribution in [3.8, 4) is 11.5 Å². The van der Waals surface area contributed by atoms with Crippen LogP contribution < -0.4 is 14.4 Å². The quantitative estimate of drug-likeness (QED) is 0.126. The normalized spacial score (nSPS) is 13.7. The molecular formula is C42H42FN3O5S. The summed E-state index contributed by atoms with van der Waals surface area (Å²) in [4.78, 5) is 30.2. The molecule has 1 fully saturated rings. The largest absolute Gasteiger partial charge is 0.457 e. The average molecular weight is 720 g/mol. The molecule has 0 heterocycles. The number of anilines is 1. The first-order chi connectivity index (χ1) is 25.2. The summed E-state index contributed by atoms with van der Waals surface area (Å²) in [7, 11) is -4.31. The maximum Gasteiger partial charge on any atom is 0.264 e. The summed E-state index contributed by atoms with van der Waals surface area (Å²) in [6.45, 7) is 0.960. The number of hydrogen-bond acceptors (Lipinski definition) is 5. The van der Waals surface area contributed by atoms with Gasteiger partial charge in [-0.2, -0.15) is 0 Å². The van der Waals surface area contributed by atoms with E-state index in [1.165, 1.54) is 23.1 Å². The van der Waals surface area contributed by atoms with E-state index in [0.717, 1.165) is 41.1 Å². The third kappa shape index (κ3) is 9.05. The Labute approximate surface area is 304 Å². The molecule has 1 atom stereocenters. The number of nitrogens with one attached hydrogen (secondary N) is 1. The molecular weight excluding hydrogens is 678 g/mol. The number of amides is 2. The van der Waals surface area contributed by atoms with Crippen LogP contribution in [0.5, 0.6) is 11.5 Å². The Morgan fingerprint density at radius 2 is 1.38 bits per heavy atom. The lowest BCUT2D eigenvalue weighted by Crippen LogP contribution is -2.54. The second kappa shape index (κ2) is 16.7. The lowest BCUT2D eigenvalue weighted by atomic mass is 10.0. The molecule has 6 rings (SSSR count). The molecule has 1 aliphatic carbocycles. The van der Waals surface area contributed by atoms with Gasteiger partial charge in [0.1, 0.15) is 29.9 Å². The fraction of sp³-hybridized carbons (Fsp3) is 0.238. The van der Waals surface area contributed by atoms with Crippen molar-refractivity contribution in [2.45, 2.75) is 62.6 Å². The van der Waals surface area contributed by atoms with Crippen molar-refractivity contribution in [1.29, 1.82) is 0 Å². The number of carbonyl (C=O) groups excluding carboxylic acids is 2. The van der Waals surface area contributed by atoms with Gasteiger partial charge in [0.15, 0.2) is 0 Å². The summed E-state index contributed by atoms with van der Waals surface area (Å²) in [6.07, 6.45) is 3.80. The molecule has 1 saturated carbocycles. The highest BCUT2D eigenvalue weighted by Crippen LogP contribution is 2.29. The van der Waals surface area contributed by atoms with Crippen LogP contribution in [-0.2, 0) is 32.6 Å². The minimum absolute atomic E-state index is 0.00372. The standard InChI is InChI=1S/C42H42FN3O5S/c1-31-20-26-38(27-21-31)52(49,50)46(35-22-24-37(25-23-35)51-36-17-6-3-7-18-36)30-41(47)45(29-33-14-8-11-19-39(33)43)40(28-32-12-4-2-5-13-32)42(48)44-34-15-9-10-16-34/h2-8,11-14,17-27,34,40H,9-10,15-16,28-30H2,1H3,(H,44,48). The predicted octanol–water partition coefficient (Wildman–Crippen LogP) is 7.82. The molecule has 0 aliphatic heterocycles. The summed E-state index contributed by atoms with van der Waals surface area (Å²) in [5.41, 5.74) is 2.10. The molecule has 5 aromatic carbocycles. The predicted molar refractivity (Wildman–Crippen MR) is 200 cm³/mol. The van der Waals surface area contributed by atoms with Crippen molar-refractivity contribution in [3.05, 3.63) is 156 Å². The van der Waals surface area contributed by atoms with Crippen LogP contribution in [0.2, 0.25) is 0 Å². The Morgan fingerprint density at radius 3 is 2.04 bits per heavy atom. The summed E-state index contributed by atoms with van der Waals surface area (Å²) >= 11 is 0. The second-order valence-electron chi connectivity index (χ2n) is 13.0. The Balaban J connectivity index is 1.39. The van der Waals surface area contributed by atoms with E-state index in [1.54, 1.807) is 66.7 Å². The van der Waals surface area contributed by atoms with E-state index in [2.05, 4.69) is 5.32 Å².